The molecule has 5 heteroatoms. The quantitative estimate of drug-likeness (QED) is 0.888. The summed E-state index contributed by atoms with van der Waals surface area (Å²) in [6.45, 7) is 2.17. The molecule has 21 heavy (non-hydrogen) atoms. The van der Waals surface area contributed by atoms with E-state index in [1.807, 2.05) is 25.2 Å². The lowest BCUT2D eigenvalue weighted by molar-refractivity contribution is 0.355. The van der Waals surface area contributed by atoms with Crippen LogP contribution in [-0.2, 0) is 13.5 Å². The second-order valence-electron chi connectivity index (χ2n) is 5.00. The van der Waals surface area contributed by atoms with Gasteiger partial charge in [0.05, 0.1) is 19.9 Å². The summed E-state index contributed by atoms with van der Waals surface area (Å²) in [4.78, 5) is 0. The number of nitrogen functional groups attached to an aromatic ring is 1. The Bertz CT molecular complexity index is 620. The fraction of sp³-hybridized carbons (Fsp3) is 0.438. The van der Waals surface area contributed by atoms with E-state index in [1.165, 1.54) is 0 Å². The van der Waals surface area contributed by atoms with Crippen molar-refractivity contribution >= 4 is 5.82 Å². The minimum absolute atomic E-state index is 0.674. The van der Waals surface area contributed by atoms with Crippen molar-refractivity contribution in [2.45, 2.75) is 26.2 Å². The van der Waals surface area contributed by atoms with Crippen LogP contribution in [0.5, 0.6) is 11.5 Å². The minimum atomic E-state index is 0.674. The SMILES string of the molecule is CCCCc1nn(C)c(N)c1-c1ccc(OC)c(OC)c1. The van der Waals surface area contributed by atoms with Crippen LogP contribution < -0.4 is 15.2 Å². The summed E-state index contributed by atoms with van der Waals surface area (Å²) in [6, 6.07) is 5.83. The Kier molecular flexibility index (Phi) is 4.73. The second kappa shape index (κ2) is 6.52. The first kappa shape index (κ1) is 15.2. The maximum atomic E-state index is 6.20. The van der Waals surface area contributed by atoms with Gasteiger partial charge in [0.2, 0.25) is 0 Å². The van der Waals surface area contributed by atoms with E-state index in [-0.39, 0.29) is 0 Å². The Labute approximate surface area is 125 Å². The Morgan fingerprint density at radius 3 is 2.52 bits per heavy atom. The smallest absolute Gasteiger partial charge is 0.161 e. The molecule has 1 aromatic heterocycles. The molecule has 1 aromatic carbocycles. The molecule has 0 saturated carbocycles. The van der Waals surface area contributed by atoms with Gasteiger partial charge in [-0.3, -0.25) is 4.68 Å². The number of unbranched alkanes of at least 4 members (excludes halogenated alkanes) is 1. The zero-order chi connectivity index (χ0) is 15.4. The van der Waals surface area contributed by atoms with Crippen molar-refractivity contribution in [3.8, 4) is 22.6 Å². The van der Waals surface area contributed by atoms with Gasteiger partial charge in [0.1, 0.15) is 5.82 Å². The Morgan fingerprint density at radius 1 is 1.19 bits per heavy atom. The van der Waals surface area contributed by atoms with E-state index in [9.17, 15) is 0 Å². The lowest BCUT2D eigenvalue weighted by Gasteiger charge is -2.10. The molecule has 0 amide bonds. The monoisotopic (exact) mass is 289 g/mol. The highest BCUT2D eigenvalue weighted by Gasteiger charge is 2.17. The van der Waals surface area contributed by atoms with Gasteiger partial charge >= 0.3 is 0 Å². The standard InChI is InChI=1S/C16H23N3O2/c1-5-6-7-12-15(16(17)19(2)18-12)11-8-9-13(20-3)14(10-11)21-4/h8-10H,5-7,17H2,1-4H3. The molecule has 0 aliphatic heterocycles. The maximum Gasteiger partial charge on any atom is 0.161 e. The maximum absolute atomic E-state index is 6.20. The summed E-state index contributed by atoms with van der Waals surface area (Å²) in [5.41, 5.74) is 9.23. The Morgan fingerprint density at radius 2 is 1.90 bits per heavy atom. The molecule has 0 radical (unpaired) electrons. The highest BCUT2D eigenvalue weighted by Crippen LogP contribution is 2.36. The number of nitrogens with zero attached hydrogens (tertiary/aromatic N) is 2. The first-order valence-corrected chi connectivity index (χ1v) is 7.16. The van der Waals surface area contributed by atoms with E-state index in [1.54, 1.807) is 18.9 Å². The van der Waals surface area contributed by atoms with E-state index < -0.39 is 0 Å². The third-order valence-corrected chi connectivity index (χ3v) is 3.60. The topological polar surface area (TPSA) is 62.3 Å². The number of methoxy groups -OCH3 is 2. The second-order valence-corrected chi connectivity index (χ2v) is 5.00. The molecule has 0 bridgehead atoms. The lowest BCUT2D eigenvalue weighted by atomic mass is 10.0. The van der Waals surface area contributed by atoms with Gasteiger partial charge < -0.3 is 15.2 Å². The van der Waals surface area contributed by atoms with Gasteiger partial charge in [-0.15, -0.1) is 0 Å². The number of nitrogens with two attached hydrogens (primary N) is 1. The highest BCUT2D eigenvalue weighted by molar-refractivity contribution is 5.78. The highest BCUT2D eigenvalue weighted by atomic mass is 16.5. The number of aromatic nitrogens is 2. The number of ether oxygens (including phenoxy) is 2. The van der Waals surface area contributed by atoms with Gasteiger partial charge in [-0.25, -0.2) is 0 Å². The van der Waals surface area contributed by atoms with Crippen molar-refractivity contribution in [2.75, 3.05) is 20.0 Å². The van der Waals surface area contributed by atoms with E-state index in [0.29, 0.717) is 17.3 Å². The normalized spacial score (nSPS) is 10.7. The Balaban J connectivity index is 2.50. The molecule has 114 valence electrons. The van der Waals surface area contributed by atoms with Crippen LogP contribution in [0.1, 0.15) is 25.5 Å². The van der Waals surface area contributed by atoms with Gasteiger partial charge in [0.25, 0.3) is 0 Å². The van der Waals surface area contributed by atoms with Crippen molar-refractivity contribution in [1.29, 1.82) is 0 Å². The van der Waals surface area contributed by atoms with Crippen LogP contribution in [0, 0.1) is 0 Å². The molecule has 2 aromatic rings. The number of rotatable bonds is 6. The van der Waals surface area contributed by atoms with E-state index in [2.05, 4.69) is 12.0 Å². The van der Waals surface area contributed by atoms with E-state index in [0.717, 1.165) is 36.1 Å². The van der Waals surface area contributed by atoms with Gasteiger partial charge in [-0.2, -0.15) is 5.10 Å². The van der Waals surface area contributed by atoms with Crippen molar-refractivity contribution in [1.82, 2.24) is 9.78 Å². The first-order chi connectivity index (χ1) is 10.1. The van der Waals surface area contributed by atoms with Gasteiger partial charge in [0.15, 0.2) is 11.5 Å². The average Bonchev–Trinajstić information content (AvgIpc) is 2.79. The van der Waals surface area contributed by atoms with E-state index in [4.69, 9.17) is 15.2 Å². The molecular formula is C16H23N3O2. The van der Waals surface area contributed by atoms with Gasteiger partial charge in [-0.05, 0) is 30.5 Å². The summed E-state index contributed by atoms with van der Waals surface area (Å²) in [7, 11) is 5.13. The summed E-state index contributed by atoms with van der Waals surface area (Å²) >= 11 is 0. The fourth-order valence-electron chi connectivity index (χ4n) is 2.42. The van der Waals surface area contributed by atoms with Crippen LogP contribution in [-0.4, -0.2) is 24.0 Å². The predicted molar refractivity (Wildman–Crippen MR) is 84.8 cm³/mol. The zero-order valence-electron chi connectivity index (χ0n) is 13.1. The zero-order valence-corrected chi connectivity index (χ0v) is 13.1. The lowest BCUT2D eigenvalue weighted by Crippen LogP contribution is -1.98. The number of hydrogen-bond donors (Lipinski definition) is 1. The molecule has 0 fully saturated rings. The molecule has 0 atom stereocenters. The van der Waals surface area contributed by atoms with E-state index >= 15 is 0 Å². The van der Waals surface area contributed by atoms with Crippen LogP contribution >= 0.6 is 0 Å². The van der Waals surface area contributed by atoms with Gasteiger partial charge in [-0.1, -0.05) is 19.4 Å². The molecule has 0 aliphatic rings. The van der Waals surface area contributed by atoms with Crippen molar-refractivity contribution in [3.05, 3.63) is 23.9 Å². The van der Waals surface area contributed by atoms with Crippen molar-refractivity contribution in [2.24, 2.45) is 7.05 Å². The number of aryl methyl sites for hydroxylation is 2. The number of hydrogen-bond acceptors (Lipinski definition) is 4. The van der Waals surface area contributed by atoms with Crippen LogP contribution in [0.15, 0.2) is 18.2 Å². The predicted octanol–water partition coefficient (Wildman–Crippen LogP) is 3.03. The fourth-order valence-corrected chi connectivity index (χ4v) is 2.42. The third kappa shape index (κ3) is 2.96. The minimum Gasteiger partial charge on any atom is -0.493 e. The first-order valence-electron chi connectivity index (χ1n) is 7.16. The number of benzene rings is 1. The molecule has 2 N–H and O–H groups in total. The molecule has 0 spiro atoms. The third-order valence-electron chi connectivity index (χ3n) is 3.60. The van der Waals surface area contributed by atoms with Crippen LogP contribution in [0.2, 0.25) is 0 Å². The molecule has 2 rings (SSSR count). The summed E-state index contributed by atoms with van der Waals surface area (Å²) in [6.07, 6.45) is 3.14. The van der Waals surface area contributed by atoms with Gasteiger partial charge in [0, 0.05) is 12.6 Å². The summed E-state index contributed by atoms with van der Waals surface area (Å²) in [5, 5.41) is 4.54. The van der Waals surface area contributed by atoms with Crippen LogP contribution in [0.25, 0.3) is 11.1 Å². The van der Waals surface area contributed by atoms with Crippen LogP contribution in [0.3, 0.4) is 0 Å². The molecule has 0 unspecified atom stereocenters. The average molecular weight is 289 g/mol. The largest absolute Gasteiger partial charge is 0.493 e. The summed E-state index contributed by atoms with van der Waals surface area (Å²) in [5.74, 6) is 2.08. The molecular weight excluding hydrogens is 266 g/mol. The van der Waals surface area contributed by atoms with Crippen LogP contribution in [0.4, 0.5) is 5.82 Å². The molecule has 0 saturated heterocycles. The Hall–Kier alpha value is -2.17. The summed E-state index contributed by atoms with van der Waals surface area (Å²) < 4.78 is 12.4. The van der Waals surface area contributed by atoms with Crippen molar-refractivity contribution < 1.29 is 9.47 Å². The molecule has 0 aliphatic carbocycles. The molecule has 1 heterocycles. The molecule has 5 nitrogen and oxygen atoms in total. The number of anilines is 1. The van der Waals surface area contributed by atoms with Crippen molar-refractivity contribution in [3.63, 3.8) is 0 Å².